The Balaban J connectivity index is 1.76. The minimum Gasteiger partial charge on any atom is -0.480 e. The van der Waals surface area contributed by atoms with Crippen molar-refractivity contribution in [2.45, 2.75) is 38.1 Å². The summed E-state index contributed by atoms with van der Waals surface area (Å²) in [6.07, 6.45) is 8.15. The van der Waals surface area contributed by atoms with Gasteiger partial charge >= 0.3 is 5.97 Å². The number of carbonyl (C=O) groups is 2. The summed E-state index contributed by atoms with van der Waals surface area (Å²) in [6.45, 7) is 0. The largest absolute Gasteiger partial charge is 0.480 e. The zero-order valence-electron chi connectivity index (χ0n) is 12.5. The van der Waals surface area contributed by atoms with Crippen LogP contribution in [0.3, 0.4) is 0 Å². The predicted octanol–water partition coefficient (Wildman–Crippen LogP) is 2.87. The molecule has 0 spiro atoms. The van der Waals surface area contributed by atoms with Crippen molar-refractivity contribution in [2.75, 3.05) is 0 Å². The highest BCUT2D eigenvalue weighted by Crippen LogP contribution is 2.31. The first-order valence-electron chi connectivity index (χ1n) is 7.68. The maximum absolute atomic E-state index is 12.0. The SMILES string of the molecule is O=C1NC(=N[C@H](C(=O)O)C2CCCCC2)S/C1=C\c1ccco1. The van der Waals surface area contributed by atoms with Crippen LogP contribution in [-0.4, -0.2) is 28.2 Å². The van der Waals surface area contributed by atoms with E-state index in [0.29, 0.717) is 15.8 Å². The molecular weight excluding hydrogens is 316 g/mol. The highest BCUT2D eigenvalue weighted by Gasteiger charge is 2.32. The van der Waals surface area contributed by atoms with Crippen molar-refractivity contribution in [3.63, 3.8) is 0 Å². The van der Waals surface area contributed by atoms with Gasteiger partial charge in [0, 0.05) is 6.08 Å². The van der Waals surface area contributed by atoms with Gasteiger partial charge in [-0.1, -0.05) is 19.3 Å². The van der Waals surface area contributed by atoms with Crippen LogP contribution in [0.25, 0.3) is 6.08 Å². The molecule has 2 N–H and O–H groups in total. The van der Waals surface area contributed by atoms with Crippen LogP contribution in [0.2, 0.25) is 0 Å². The maximum atomic E-state index is 12.0. The van der Waals surface area contributed by atoms with Gasteiger partial charge in [0.1, 0.15) is 5.76 Å². The average Bonchev–Trinajstić information content (AvgIpc) is 3.16. The van der Waals surface area contributed by atoms with Crippen LogP contribution in [0.1, 0.15) is 37.9 Å². The summed E-state index contributed by atoms with van der Waals surface area (Å²) >= 11 is 1.15. The molecular formula is C16H18N2O4S. The van der Waals surface area contributed by atoms with Gasteiger partial charge in [0.2, 0.25) is 0 Å². The van der Waals surface area contributed by atoms with Crippen molar-refractivity contribution in [2.24, 2.45) is 10.9 Å². The predicted molar refractivity (Wildman–Crippen MR) is 87.9 cm³/mol. The summed E-state index contributed by atoms with van der Waals surface area (Å²) in [5.41, 5.74) is 0. The highest BCUT2D eigenvalue weighted by atomic mass is 32.2. The minimum absolute atomic E-state index is 0.0457. The number of hydrogen-bond acceptors (Lipinski definition) is 5. The van der Waals surface area contributed by atoms with Crippen molar-refractivity contribution in [3.8, 4) is 0 Å². The number of carbonyl (C=O) groups excluding carboxylic acids is 1. The molecule has 2 fully saturated rings. The molecule has 1 saturated heterocycles. The first kappa shape index (κ1) is 15.9. The van der Waals surface area contributed by atoms with Gasteiger partial charge in [-0.3, -0.25) is 4.79 Å². The zero-order valence-corrected chi connectivity index (χ0v) is 13.3. The second-order valence-electron chi connectivity index (χ2n) is 5.70. The van der Waals surface area contributed by atoms with Crippen molar-refractivity contribution in [3.05, 3.63) is 29.1 Å². The Kier molecular flexibility index (Phi) is 4.85. The smallest absolute Gasteiger partial charge is 0.328 e. The van der Waals surface area contributed by atoms with E-state index in [1.807, 2.05) is 0 Å². The fourth-order valence-corrected chi connectivity index (χ4v) is 3.77. The molecule has 7 heteroatoms. The molecule has 0 radical (unpaired) electrons. The quantitative estimate of drug-likeness (QED) is 0.826. The van der Waals surface area contributed by atoms with Crippen LogP contribution in [-0.2, 0) is 9.59 Å². The third-order valence-corrected chi connectivity index (χ3v) is 5.00. The Labute approximate surface area is 138 Å². The van der Waals surface area contributed by atoms with E-state index in [-0.39, 0.29) is 11.8 Å². The van der Waals surface area contributed by atoms with Crippen LogP contribution < -0.4 is 5.32 Å². The molecule has 122 valence electrons. The molecule has 1 aliphatic carbocycles. The number of nitrogens with one attached hydrogen (secondary N) is 1. The number of thioether (sulfide) groups is 1. The van der Waals surface area contributed by atoms with Crippen LogP contribution in [0.4, 0.5) is 0 Å². The molecule has 3 rings (SSSR count). The normalized spacial score (nSPS) is 24.1. The molecule has 1 atom stereocenters. The second kappa shape index (κ2) is 7.04. The number of amides is 1. The van der Waals surface area contributed by atoms with Gasteiger partial charge in [-0.25, -0.2) is 9.79 Å². The number of amidine groups is 1. The van der Waals surface area contributed by atoms with Gasteiger partial charge in [-0.15, -0.1) is 0 Å². The Morgan fingerprint density at radius 3 is 2.87 bits per heavy atom. The molecule has 0 unspecified atom stereocenters. The van der Waals surface area contributed by atoms with E-state index < -0.39 is 12.0 Å². The van der Waals surface area contributed by atoms with Gasteiger partial charge in [-0.05, 0) is 42.7 Å². The maximum Gasteiger partial charge on any atom is 0.328 e. The number of aliphatic imine (C=N–C) groups is 1. The van der Waals surface area contributed by atoms with E-state index in [0.717, 1.165) is 43.9 Å². The first-order chi connectivity index (χ1) is 11.1. The monoisotopic (exact) mass is 334 g/mol. The van der Waals surface area contributed by atoms with Gasteiger partial charge in [-0.2, -0.15) is 0 Å². The van der Waals surface area contributed by atoms with E-state index in [9.17, 15) is 14.7 Å². The second-order valence-corrected chi connectivity index (χ2v) is 6.73. The Morgan fingerprint density at radius 1 is 1.43 bits per heavy atom. The van der Waals surface area contributed by atoms with Gasteiger partial charge < -0.3 is 14.8 Å². The van der Waals surface area contributed by atoms with Gasteiger partial charge in [0.25, 0.3) is 5.91 Å². The van der Waals surface area contributed by atoms with E-state index in [1.54, 1.807) is 18.2 Å². The fourth-order valence-electron chi connectivity index (χ4n) is 2.93. The fraction of sp³-hybridized carbons (Fsp3) is 0.438. The van der Waals surface area contributed by atoms with Crippen molar-refractivity contribution in [1.29, 1.82) is 0 Å². The van der Waals surface area contributed by atoms with E-state index >= 15 is 0 Å². The van der Waals surface area contributed by atoms with Crippen molar-refractivity contribution in [1.82, 2.24) is 5.32 Å². The van der Waals surface area contributed by atoms with E-state index in [4.69, 9.17) is 4.42 Å². The Bertz CT molecular complexity index is 645. The molecule has 0 bridgehead atoms. The molecule has 2 heterocycles. The molecule has 2 aliphatic rings. The molecule has 1 saturated carbocycles. The van der Waals surface area contributed by atoms with Crippen LogP contribution in [0, 0.1) is 5.92 Å². The number of rotatable bonds is 4. The van der Waals surface area contributed by atoms with Crippen LogP contribution >= 0.6 is 11.8 Å². The molecule has 0 aromatic carbocycles. The molecule has 6 nitrogen and oxygen atoms in total. The van der Waals surface area contributed by atoms with Crippen molar-refractivity contribution < 1.29 is 19.1 Å². The number of carboxylic acids is 1. The lowest BCUT2D eigenvalue weighted by Crippen LogP contribution is -2.32. The molecule has 1 aromatic rings. The van der Waals surface area contributed by atoms with Gasteiger partial charge in [0.15, 0.2) is 11.2 Å². The Morgan fingerprint density at radius 2 is 2.22 bits per heavy atom. The first-order valence-corrected chi connectivity index (χ1v) is 8.50. The lowest BCUT2D eigenvalue weighted by molar-refractivity contribution is -0.140. The molecule has 1 aromatic heterocycles. The summed E-state index contributed by atoms with van der Waals surface area (Å²) < 4.78 is 5.19. The van der Waals surface area contributed by atoms with Gasteiger partial charge in [0.05, 0.1) is 11.2 Å². The Hall–Kier alpha value is -2.02. The molecule has 23 heavy (non-hydrogen) atoms. The van der Waals surface area contributed by atoms with Crippen molar-refractivity contribution >= 4 is 34.9 Å². The van der Waals surface area contributed by atoms with Crippen LogP contribution in [0.15, 0.2) is 32.7 Å². The summed E-state index contributed by atoms with van der Waals surface area (Å²) in [5, 5.41) is 12.5. The summed E-state index contributed by atoms with van der Waals surface area (Å²) in [6, 6.07) is 2.70. The minimum atomic E-state index is -0.928. The third kappa shape index (κ3) is 3.85. The highest BCUT2D eigenvalue weighted by molar-refractivity contribution is 8.18. The molecule has 1 amide bonds. The number of aliphatic carboxylic acids is 1. The zero-order chi connectivity index (χ0) is 16.2. The number of nitrogens with zero attached hydrogens (tertiary/aromatic N) is 1. The lowest BCUT2D eigenvalue weighted by Gasteiger charge is -2.25. The average molecular weight is 334 g/mol. The van der Waals surface area contributed by atoms with Crippen LogP contribution in [0.5, 0.6) is 0 Å². The third-order valence-electron chi connectivity index (χ3n) is 4.07. The summed E-state index contributed by atoms with van der Waals surface area (Å²) in [4.78, 5) is 28.3. The summed E-state index contributed by atoms with van der Waals surface area (Å²) in [5.74, 6) is -0.587. The van der Waals surface area contributed by atoms with E-state index in [2.05, 4.69) is 10.3 Å². The number of furan rings is 1. The summed E-state index contributed by atoms with van der Waals surface area (Å²) in [7, 11) is 0. The number of hydrogen-bond donors (Lipinski definition) is 2. The van der Waals surface area contributed by atoms with E-state index in [1.165, 1.54) is 6.26 Å². The molecule has 1 aliphatic heterocycles. The number of carboxylic acid groups (broad SMARTS) is 1. The topological polar surface area (TPSA) is 91.9 Å². The standard InChI is InChI=1S/C16H18N2O4S/c19-14-12(9-11-7-4-8-22-11)23-16(18-14)17-13(15(20)21)10-5-2-1-3-6-10/h4,7-10,13H,1-3,5-6H2,(H,20,21)(H,17,18,19)/b12-9-/t13-/m0/s1. The lowest BCUT2D eigenvalue weighted by atomic mass is 9.84.